The van der Waals surface area contributed by atoms with E-state index in [0.717, 1.165) is 17.1 Å². The predicted octanol–water partition coefficient (Wildman–Crippen LogP) is 2.51. The smallest absolute Gasteiger partial charge is 0.226 e. The molecule has 0 aliphatic heterocycles. The lowest BCUT2D eigenvalue weighted by atomic mass is 9.92. The van der Waals surface area contributed by atoms with Crippen LogP contribution in [0.2, 0.25) is 5.02 Å². The van der Waals surface area contributed by atoms with E-state index in [9.17, 15) is 4.79 Å². The summed E-state index contributed by atoms with van der Waals surface area (Å²) in [6.45, 7) is 7.26. The van der Waals surface area contributed by atoms with Crippen molar-refractivity contribution < 1.29 is 4.79 Å². The molecule has 0 aromatic heterocycles. The van der Waals surface area contributed by atoms with E-state index in [-0.39, 0.29) is 5.91 Å². The summed E-state index contributed by atoms with van der Waals surface area (Å²) in [7, 11) is 1.66. The third-order valence-electron chi connectivity index (χ3n) is 3.03. The first-order chi connectivity index (χ1) is 8.36. The third-order valence-corrected chi connectivity index (χ3v) is 3.26. The van der Waals surface area contributed by atoms with Gasteiger partial charge in [-0.3, -0.25) is 4.79 Å². The van der Waals surface area contributed by atoms with E-state index in [1.54, 1.807) is 7.05 Å². The molecule has 1 rings (SSSR count). The number of hydrogen-bond donors (Lipinski definition) is 2. The highest BCUT2D eigenvalue weighted by molar-refractivity contribution is 6.30. The molecule has 1 amide bonds. The topological polar surface area (TPSA) is 41.1 Å². The van der Waals surface area contributed by atoms with Gasteiger partial charge in [-0.1, -0.05) is 17.7 Å². The zero-order valence-corrected chi connectivity index (χ0v) is 12.2. The number of nitrogens with one attached hydrogen (secondary N) is 2. The first-order valence-corrected chi connectivity index (χ1v) is 6.42. The van der Waals surface area contributed by atoms with Gasteiger partial charge in [0.25, 0.3) is 0 Å². The van der Waals surface area contributed by atoms with Crippen molar-refractivity contribution in [2.75, 3.05) is 13.6 Å². The van der Waals surface area contributed by atoms with Gasteiger partial charge in [-0.2, -0.15) is 0 Å². The van der Waals surface area contributed by atoms with Gasteiger partial charge in [0, 0.05) is 25.2 Å². The second-order valence-electron chi connectivity index (χ2n) is 5.14. The minimum absolute atomic E-state index is 0.0443. The van der Waals surface area contributed by atoms with Gasteiger partial charge in [0.15, 0.2) is 0 Å². The van der Waals surface area contributed by atoms with Crippen LogP contribution in [0.15, 0.2) is 18.2 Å². The minimum atomic E-state index is -0.408. The molecule has 0 heterocycles. The predicted molar refractivity (Wildman–Crippen MR) is 75.7 cm³/mol. The van der Waals surface area contributed by atoms with Gasteiger partial charge in [-0.05, 0) is 44.0 Å². The standard InChI is InChI=1S/C14H21ClN2O/c1-10-7-12(15)6-5-11(10)8-17-9-14(2,3)13(18)16-4/h5-7,17H,8-9H2,1-4H3,(H,16,18). The summed E-state index contributed by atoms with van der Waals surface area (Å²) in [6.07, 6.45) is 0. The van der Waals surface area contributed by atoms with E-state index < -0.39 is 5.41 Å². The normalized spacial score (nSPS) is 11.4. The van der Waals surface area contributed by atoms with Crippen LogP contribution >= 0.6 is 11.6 Å². The number of aryl methyl sites for hydroxylation is 1. The maximum absolute atomic E-state index is 11.6. The van der Waals surface area contributed by atoms with Crippen molar-refractivity contribution in [3.63, 3.8) is 0 Å². The number of carbonyl (C=O) groups is 1. The fourth-order valence-electron chi connectivity index (χ4n) is 1.79. The van der Waals surface area contributed by atoms with Crippen molar-refractivity contribution in [3.8, 4) is 0 Å². The summed E-state index contributed by atoms with van der Waals surface area (Å²) in [5.41, 5.74) is 1.95. The van der Waals surface area contributed by atoms with E-state index >= 15 is 0 Å². The van der Waals surface area contributed by atoms with Crippen molar-refractivity contribution >= 4 is 17.5 Å². The first-order valence-electron chi connectivity index (χ1n) is 6.05. The van der Waals surface area contributed by atoms with E-state index in [0.29, 0.717) is 6.54 Å². The Morgan fingerprint density at radius 2 is 2.06 bits per heavy atom. The summed E-state index contributed by atoms with van der Waals surface area (Å²) in [5, 5.41) is 6.74. The largest absolute Gasteiger partial charge is 0.359 e. The Morgan fingerprint density at radius 3 is 2.61 bits per heavy atom. The molecule has 3 nitrogen and oxygen atoms in total. The lowest BCUT2D eigenvalue weighted by molar-refractivity contribution is -0.128. The van der Waals surface area contributed by atoms with Crippen LogP contribution in [0.5, 0.6) is 0 Å². The number of halogens is 1. The van der Waals surface area contributed by atoms with Crippen LogP contribution in [0.4, 0.5) is 0 Å². The summed E-state index contributed by atoms with van der Waals surface area (Å²) in [5.74, 6) is 0.0443. The molecule has 0 bridgehead atoms. The highest BCUT2D eigenvalue weighted by Gasteiger charge is 2.25. The van der Waals surface area contributed by atoms with Crippen LogP contribution in [0.3, 0.4) is 0 Å². The highest BCUT2D eigenvalue weighted by atomic mass is 35.5. The molecule has 18 heavy (non-hydrogen) atoms. The minimum Gasteiger partial charge on any atom is -0.359 e. The summed E-state index contributed by atoms with van der Waals surface area (Å²) < 4.78 is 0. The van der Waals surface area contributed by atoms with Crippen LogP contribution in [0, 0.1) is 12.3 Å². The van der Waals surface area contributed by atoms with Gasteiger partial charge in [0.2, 0.25) is 5.91 Å². The zero-order chi connectivity index (χ0) is 13.8. The Kier molecular flexibility index (Phi) is 5.17. The highest BCUT2D eigenvalue weighted by Crippen LogP contribution is 2.16. The second kappa shape index (κ2) is 6.21. The van der Waals surface area contributed by atoms with E-state index in [4.69, 9.17) is 11.6 Å². The molecule has 0 aliphatic rings. The maximum Gasteiger partial charge on any atom is 0.226 e. The van der Waals surface area contributed by atoms with Crippen LogP contribution in [-0.4, -0.2) is 19.5 Å². The van der Waals surface area contributed by atoms with Crippen molar-refractivity contribution in [2.45, 2.75) is 27.3 Å². The molecule has 1 aromatic carbocycles. The number of amides is 1. The SMILES string of the molecule is CNC(=O)C(C)(C)CNCc1ccc(Cl)cc1C. The Balaban J connectivity index is 2.54. The molecule has 0 atom stereocenters. The van der Waals surface area contributed by atoms with Gasteiger partial charge >= 0.3 is 0 Å². The molecule has 0 spiro atoms. The quantitative estimate of drug-likeness (QED) is 0.862. The van der Waals surface area contributed by atoms with E-state index in [1.807, 2.05) is 39.0 Å². The third kappa shape index (κ3) is 4.00. The molecule has 0 aliphatic carbocycles. The van der Waals surface area contributed by atoms with Crippen molar-refractivity contribution in [1.82, 2.24) is 10.6 Å². The van der Waals surface area contributed by atoms with Crippen molar-refractivity contribution in [3.05, 3.63) is 34.3 Å². The van der Waals surface area contributed by atoms with Crippen LogP contribution in [0.1, 0.15) is 25.0 Å². The molecule has 100 valence electrons. The summed E-state index contributed by atoms with van der Waals surface area (Å²) >= 11 is 5.91. The Hall–Kier alpha value is -1.06. The lowest BCUT2D eigenvalue weighted by Crippen LogP contribution is -2.41. The molecular formula is C14H21ClN2O. The van der Waals surface area contributed by atoms with Crippen LogP contribution in [0.25, 0.3) is 0 Å². The Bertz CT molecular complexity index is 430. The average molecular weight is 269 g/mol. The van der Waals surface area contributed by atoms with Gasteiger partial charge in [0.05, 0.1) is 5.41 Å². The second-order valence-corrected chi connectivity index (χ2v) is 5.57. The molecule has 0 radical (unpaired) electrons. The maximum atomic E-state index is 11.6. The fourth-order valence-corrected chi connectivity index (χ4v) is 2.01. The van der Waals surface area contributed by atoms with Gasteiger partial charge in [-0.15, -0.1) is 0 Å². The molecule has 2 N–H and O–H groups in total. The zero-order valence-electron chi connectivity index (χ0n) is 11.4. The first kappa shape index (κ1) is 15.0. The van der Waals surface area contributed by atoms with Gasteiger partial charge in [0.1, 0.15) is 0 Å². The molecule has 0 saturated heterocycles. The lowest BCUT2D eigenvalue weighted by Gasteiger charge is -2.23. The average Bonchev–Trinajstić information content (AvgIpc) is 2.30. The number of carbonyl (C=O) groups excluding carboxylic acids is 1. The van der Waals surface area contributed by atoms with Crippen LogP contribution < -0.4 is 10.6 Å². The molecule has 0 saturated carbocycles. The molecule has 1 aromatic rings. The summed E-state index contributed by atoms with van der Waals surface area (Å²) in [6, 6.07) is 5.84. The number of rotatable bonds is 5. The molecular weight excluding hydrogens is 248 g/mol. The summed E-state index contributed by atoms with van der Waals surface area (Å²) in [4.78, 5) is 11.6. The van der Waals surface area contributed by atoms with Gasteiger partial charge in [-0.25, -0.2) is 0 Å². The van der Waals surface area contributed by atoms with Crippen molar-refractivity contribution in [2.24, 2.45) is 5.41 Å². The fraction of sp³-hybridized carbons (Fsp3) is 0.500. The molecule has 0 unspecified atom stereocenters. The Morgan fingerprint density at radius 1 is 1.39 bits per heavy atom. The number of hydrogen-bond acceptors (Lipinski definition) is 2. The molecule has 0 fully saturated rings. The number of benzene rings is 1. The molecule has 4 heteroatoms. The Labute approximate surface area is 114 Å². The van der Waals surface area contributed by atoms with Gasteiger partial charge < -0.3 is 10.6 Å². The van der Waals surface area contributed by atoms with E-state index in [2.05, 4.69) is 10.6 Å². The van der Waals surface area contributed by atoms with E-state index in [1.165, 1.54) is 5.56 Å². The van der Waals surface area contributed by atoms with Crippen LogP contribution in [-0.2, 0) is 11.3 Å². The monoisotopic (exact) mass is 268 g/mol. The van der Waals surface area contributed by atoms with Crippen molar-refractivity contribution in [1.29, 1.82) is 0 Å².